The van der Waals surface area contributed by atoms with E-state index in [4.69, 9.17) is 18.9 Å². The second-order valence-corrected chi connectivity index (χ2v) is 6.20. The summed E-state index contributed by atoms with van der Waals surface area (Å²) >= 11 is 0. The lowest BCUT2D eigenvalue weighted by atomic mass is 10.1. The lowest BCUT2D eigenvalue weighted by Gasteiger charge is -2.23. The maximum absolute atomic E-state index is 12.2. The van der Waals surface area contributed by atoms with Crippen LogP contribution in [0.2, 0.25) is 0 Å². The maximum atomic E-state index is 12.2. The maximum Gasteiger partial charge on any atom is 0.331 e. The Morgan fingerprint density at radius 2 is 1.59 bits per heavy atom. The minimum atomic E-state index is -0.423. The van der Waals surface area contributed by atoms with Crippen molar-refractivity contribution in [3.05, 3.63) is 53.6 Å². The van der Waals surface area contributed by atoms with Gasteiger partial charge in [-0.05, 0) is 43.7 Å². The van der Waals surface area contributed by atoms with E-state index in [9.17, 15) is 4.79 Å². The van der Waals surface area contributed by atoms with Gasteiger partial charge in [-0.15, -0.1) is 0 Å². The van der Waals surface area contributed by atoms with Crippen molar-refractivity contribution in [2.45, 2.75) is 20.5 Å². The fourth-order valence-electron chi connectivity index (χ4n) is 3.06. The normalized spacial score (nSPS) is 10.7. The highest BCUT2D eigenvalue weighted by Crippen LogP contribution is 2.38. The standard InChI is InChI=1S/C23H29NO5/c1-6-24(7-2)19-11-9-8-10-18(19)16-29-22(25)13-12-17-14-20(26-3)23(28-5)21(15-17)27-4/h8-15H,6-7,16H2,1-5H3/b13-12+. The molecule has 6 nitrogen and oxygen atoms in total. The van der Waals surface area contributed by atoms with E-state index in [1.54, 1.807) is 39.5 Å². The van der Waals surface area contributed by atoms with Crippen molar-refractivity contribution in [1.29, 1.82) is 0 Å². The van der Waals surface area contributed by atoms with E-state index in [1.165, 1.54) is 6.08 Å². The predicted molar refractivity (Wildman–Crippen MR) is 115 cm³/mol. The van der Waals surface area contributed by atoms with Crippen LogP contribution in [0.15, 0.2) is 42.5 Å². The Morgan fingerprint density at radius 1 is 0.966 bits per heavy atom. The number of hydrogen-bond donors (Lipinski definition) is 0. The summed E-state index contributed by atoms with van der Waals surface area (Å²) < 4.78 is 21.4. The lowest BCUT2D eigenvalue weighted by molar-refractivity contribution is -0.138. The molecule has 0 aromatic heterocycles. The molecule has 29 heavy (non-hydrogen) atoms. The molecule has 0 saturated heterocycles. The van der Waals surface area contributed by atoms with E-state index in [0.29, 0.717) is 17.2 Å². The number of rotatable bonds is 10. The summed E-state index contributed by atoms with van der Waals surface area (Å²) in [6.07, 6.45) is 3.05. The van der Waals surface area contributed by atoms with E-state index < -0.39 is 5.97 Å². The number of anilines is 1. The van der Waals surface area contributed by atoms with E-state index >= 15 is 0 Å². The molecule has 6 heteroatoms. The van der Waals surface area contributed by atoms with Crippen LogP contribution in [0.4, 0.5) is 5.69 Å². The van der Waals surface area contributed by atoms with Crippen LogP contribution in [0.25, 0.3) is 6.08 Å². The molecule has 0 N–H and O–H groups in total. The van der Waals surface area contributed by atoms with Crippen molar-refractivity contribution >= 4 is 17.7 Å². The Balaban J connectivity index is 2.10. The number of hydrogen-bond acceptors (Lipinski definition) is 6. The van der Waals surface area contributed by atoms with Gasteiger partial charge in [0.15, 0.2) is 11.5 Å². The van der Waals surface area contributed by atoms with Gasteiger partial charge in [0.05, 0.1) is 21.3 Å². The first-order valence-corrected chi connectivity index (χ1v) is 9.55. The predicted octanol–water partition coefficient (Wildman–Crippen LogP) is 4.32. The van der Waals surface area contributed by atoms with Crippen LogP contribution in [-0.2, 0) is 16.1 Å². The largest absolute Gasteiger partial charge is 0.493 e. The van der Waals surface area contributed by atoms with Crippen molar-refractivity contribution in [2.24, 2.45) is 0 Å². The molecule has 0 fully saturated rings. The first kappa shape index (κ1) is 22.1. The van der Waals surface area contributed by atoms with Gasteiger partial charge in [-0.25, -0.2) is 4.79 Å². The molecule has 2 aromatic carbocycles. The molecule has 0 unspecified atom stereocenters. The van der Waals surface area contributed by atoms with Gasteiger partial charge in [0.1, 0.15) is 6.61 Å². The summed E-state index contributed by atoms with van der Waals surface area (Å²) in [6.45, 7) is 6.20. The zero-order valence-electron chi connectivity index (χ0n) is 17.7. The van der Waals surface area contributed by atoms with Crippen molar-refractivity contribution in [3.8, 4) is 17.2 Å². The number of esters is 1. The van der Waals surface area contributed by atoms with Crippen molar-refractivity contribution < 1.29 is 23.7 Å². The Bertz CT molecular complexity index is 818. The third-order valence-corrected chi connectivity index (χ3v) is 4.56. The minimum absolute atomic E-state index is 0.213. The summed E-state index contributed by atoms with van der Waals surface area (Å²) in [5.74, 6) is 1.12. The number of ether oxygens (including phenoxy) is 4. The van der Waals surface area contributed by atoms with Crippen LogP contribution in [0.3, 0.4) is 0 Å². The monoisotopic (exact) mass is 399 g/mol. The lowest BCUT2D eigenvalue weighted by Crippen LogP contribution is -2.23. The van der Waals surface area contributed by atoms with Gasteiger partial charge < -0.3 is 23.8 Å². The molecule has 0 saturated carbocycles. The Kier molecular flexibility index (Phi) is 8.40. The summed E-state index contributed by atoms with van der Waals surface area (Å²) in [5.41, 5.74) is 2.80. The fraction of sp³-hybridized carbons (Fsp3) is 0.348. The smallest absolute Gasteiger partial charge is 0.331 e. The highest BCUT2D eigenvalue weighted by molar-refractivity contribution is 5.87. The Hall–Kier alpha value is -3.15. The number of nitrogens with zero attached hydrogens (tertiary/aromatic N) is 1. The van der Waals surface area contributed by atoms with Gasteiger partial charge in [-0.3, -0.25) is 0 Å². The topological polar surface area (TPSA) is 57.2 Å². The first-order valence-electron chi connectivity index (χ1n) is 9.55. The van der Waals surface area contributed by atoms with Crippen LogP contribution in [-0.4, -0.2) is 40.4 Å². The summed E-state index contributed by atoms with van der Waals surface area (Å²) in [4.78, 5) is 14.5. The zero-order valence-corrected chi connectivity index (χ0v) is 17.7. The highest BCUT2D eigenvalue weighted by Gasteiger charge is 2.13. The average molecular weight is 399 g/mol. The molecular formula is C23H29NO5. The van der Waals surface area contributed by atoms with Crippen molar-refractivity contribution in [1.82, 2.24) is 0 Å². The molecule has 0 aliphatic rings. The molecule has 156 valence electrons. The molecule has 0 amide bonds. The molecule has 0 atom stereocenters. The van der Waals surface area contributed by atoms with E-state index in [2.05, 4.69) is 18.7 Å². The molecule has 0 radical (unpaired) electrons. The molecule has 0 bridgehead atoms. The number of para-hydroxylation sites is 1. The first-order chi connectivity index (χ1) is 14.1. The molecule has 0 heterocycles. The molecular weight excluding hydrogens is 370 g/mol. The summed E-state index contributed by atoms with van der Waals surface area (Å²) in [6, 6.07) is 11.5. The fourth-order valence-corrected chi connectivity index (χ4v) is 3.06. The van der Waals surface area contributed by atoms with Gasteiger partial charge >= 0.3 is 5.97 Å². The van der Waals surface area contributed by atoms with Gasteiger partial charge in [-0.1, -0.05) is 18.2 Å². The molecule has 2 rings (SSSR count). The highest BCUT2D eigenvalue weighted by atomic mass is 16.5. The molecule has 0 aliphatic carbocycles. The number of methoxy groups -OCH3 is 3. The van der Waals surface area contributed by atoms with Crippen LogP contribution in [0.5, 0.6) is 17.2 Å². The number of benzene rings is 2. The summed E-state index contributed by atoms with van der Waals surface area (Å²) in [7, 11) is 4.64. The summed E-state index contributed by atoms with van der Waals surface area (Å²) in [5, 5.41) is 0. The quantitative estimate of drug-likeness (QED) is 0.438. The van der Waals surface area contributed by atoms with Gasteiger partial charge in [-0.2, -0.15) is 0 Å². The van der Waals surface area contributed by atoms with E-state index in [0.717, 1.165) is 29.9 Å². The number of carbonyl (C=O) groups is 1. The molecule has 0 aliphatic heterocycles. The zero-order chi connectivity index (χ0) is 21.2. The van der Waals surface area contributed by atoms with Crippen LogP contribution >= 0.6 is 0 Å². The second kappa shape index (κ2) is 11.0. The van der Waals surface area contributed by atoms with Gasteiger partial charge in [0, 0.05) is 30.4 Å². The third kappa shape index (κ3) is 5.67. The number of carbonyl (C=O) groups excluding carboxylic acids is 1. The minimum Gasteiger partial charge on any atom is -0.493 e. The van der Waals surface area contributed by atoms with Crippen molar-refractivity contribution in [2.75, 3.05) is 39.3 Å². The van der Waals surface area contributed by atoms with Gasteiger partial charge in [0.25, 0.3) is 0 Å². The SMILES string of the molecule is CCN(CC)c1ccccc1COC(=O)/C=C/c1cc(OC)c(OC)c(OC)c1. The van der Waals surface area contributed by atoms with Crippen molar-refractivity contribution in [3.63, 3.8) is 0 Å². The van der Waals surface area contributed by atoms with E-state index in [1.807, 2.05) is 24.3 Å². The Morgan fingerprint density at radius 3 is 2.14 bits per heavy atom. The van der Waals surface area contributed by atoms with Crippen LogP contribution < -0.4 is 19.1 Å². The third-order valence-electron chi connectivity index (χ3n) is 4.56. The van der Waals surface area contributed by atoms with E-state index in [-0.39, 0.29) is 6.61 Å². The Labute approximate surface area is 172 Å². The molecule has 0 spiro atoms. The van der Waals surface area contributed by atoms with Gasteiger partial charge in [0.2, 0.25) is 5.75 Å². The van der Waals surface area contributed by atoms with Crippen LogP contribution in [0.1, 0.15) is 25.0 Å². The average Bonchev–Trinajstić information content (AvgIpc) is 2.76. The molecule has 2 aromatic rings. The second-order valence-electron chi connectivity index (χ2n) is 6.20. The van der Waals surface area contributed by atoms with Crippen LogP contribution in [0, 0.1) is 0 Å².